The van der Waals surface area contributed by atoms with Crippen LogP contribution in [-0.2, 0) is 4.79 Å². The van der Waals surface area contributed by atoms with E-state index in [1.54, 1.807) is 6.07 Å². The first-order chi connectivity index (χ1) is 6.67. The zero-order chi connectivity index (χ0) is 10.6. The van der Waals surface area contributed by atoms with E-state index in [0.717, 1.165) is 6.07 Å². The lowest BCUT2D eigenvalue weighted by molar-refractivity contribution is -0.113. The lowest BCUT2D eigenvalue weighted by Crippen LogP contribution is -2.13. The van der Waals surface area contributed by atoms with Crippen LogP contribution >= 0.6 is 15.9 Å². The Morgan fingerprint density at radius 2 is 2.36 bits per heavy atom. The molecule has 0 radical (unpaired) electrons. The highest BCUT2D eigenvalue weighted by atomic mass is 79.9. The van der Waals surface area contributed by atoms with Crippen molar-refractivity contribution in [1.29, 1.82) is 5.26 Å². The Balaban J connectivity index is 2.90. The summed E-state index contributed by atoms with van der Waals surface area (Å²) in [6.45, 7) is 0. The van der Waals surface area contributed by atoms with Crippen molar-refractivity contribution in [3.05, 3.63) is 29.6 Å². The lowest BCUT2D eigenvalue weighted by atomic mass is 10.2. The van der Waals surface area contributed by atoms with Crippen LogP contribution in [0.25, 0.3) is 0 Å². The van der Waals surface area contributed by atoms with Gasteiger partial charge in [-0.3, -0.25) is 4.79 Å². The van der Waals surface area contributed by atoms with E-state index in [1.807, 2.05) is 0 Å². The molecule has 5 heteroatoms. The van der Waals surface area contributed by atoms with Crippen molar-refractivity contribution >= 4 is 27.5 Å². The highest BCUT2D eigenvalue weighted by Gasteiger charge is 2.06. The number of hydrogen-bond acceptors (Lipinski definition) is 2. The average Bonchev–Trinajstić information content (AvgIpc) is 2.20. The summed E-state index contributed by atoms with van der Waals surface area (Å²) in [7, 11) is 0. The average molecular weight is 257 g/mol. The van der Waals surface area contributed by atoms with Crippen molar-refractivity contribution in [2.45, 2.75) is 0 Å². The molecule has 0 aromatic heterocycles. The number of amides is 1. The minimum absolute atomic E-state index is 0.0773. The van der Waals surface area contributed by atoms with Gasteiger partial charge < -0.3 is 5.32 Å². The molecule has 1 amide bonds. The number of carbonyl (C=O) groups is 1. The minimum Gasteiger partial charge on any atom is -0.323 e. The molecule has 3 nitrogen and oxygen atoms in total. The van der Waals surface area contributed by atoms with Gasteiger partial charge in [0.25, 0.3) is 0 Å². The van der Waals surface area contributed by atoms with E-state index >= 15 is 0 Å². The van der Waals surface area contributed by atoms with Crippen LogP contribution in [-0.4, -0.2) is 11.2 Å². The molecule has 0 saturated carbocycles. The Labute approximate surface area is 88.7 Å². The molecular weight excluding hydrogens is 251 g/mol. The molecule has 1 rings (SSSR count). The molecule has 0 fully saturated rings. The van der Waals surface area contributed by atoms with E-state index < -0.39 is 5.82 Å². The third-order valence-electron chi connectivity index (χ3n) is 1.49. The number of alkyl halides is 1. The Kier molecular flexibility index (Phi) is 3.60. The number of halogens is 2. The van der Waals surface area contributed by atoms with E-state index in [4.69, 9.17) is 5.26 Å². The molecule has 0 aliphatic rings. The number of nitrogens with zero attached hydrogens (tertiary/aromatic N) is 1. The highest BCUT2D eigenvalue weighted by Crippen LogP contribution is 2.15. The number of benzene rings is 1. The summed E-state index contributed by atoms with van der Waals surface area (Å²) in [6, 6.07) is 5.67. The van der Waals surface area contributed by atoms with Gasteiger partial charge in [-0.15, -0.1) is 0 Å². The molecule has 0 aliphatic heterocycles. The molecular formula is C9H6BrFN2O. The molecule has 0 heterocycles. The van der Waals surface area contributed by atoms with Crippen LogP contribution in [0.1, 0.15) is 5.56 Å². The molecule has 0 spiro atoms. The van der Waals surface area contributed by atoms with Crippen molar-refractivity contribution in [1.82, 2.24) is 0 Å². The predicted molar refractivity (Wildman–Crippen MR) is 53.5 cm³/mol. The topological polar surface area (TPSA) is 52.9 Å². The lowest BCUT2D eigenvalue weighted by Gasteiger charge is -2.03. The Hall–Kier alpha value is -1.41. The highest BCUT2D eigenvalue weighted by molar-refractivity contribution is 9.09. The molecule has 0 bridgehead atoms. The maximum absolute atomic E-state index is 13.2. The van der Waals surface area contributed by atoms with Gasteiger partial charge in [-0.05, 0) is 18.2 Å². The third kappa shape index (κ3) is 2.54. The zero-order valence-electron chi connectivity index (χ0n) is 7.05. The first-order valence-electron chi connectivity index (χ1n) is 3.73. The molecule has 0 aliphatic carbocycles. The van der Waals surface area contributed by atoms with Crippen LogP contribution < -0.4 is 5.32 Å². The zero-order valence-corrected chi connectivity index (χ0v) is 8.64. The minimum atomic E-state index is -0.613. The SMILES string of the molecule is N#Cc1ccc(NC(=O)CBr)c(F)c1. The Morgan fingerprint density at radius 1 is 1.64 bits per heavy atom. The van der Waals surface area contributed by atoms with Crippen LogP contribution in [0.4, 0.5) is 10.1 Å². The van der Waals surface area contributed by atoms with E-state index in [1.165, 1.54) is 12.1 Å². The first kappa shape index (κ1) is 10.7. The normalized spacial score (nSPS) is 9.21. The standard InChI is InChI=1S/C9H6BrFN2O/c10-4-9(14)13-8-2-1-6(5-12)3-7(8)11/h1-3H,4H2,(H,13,14). The largest absolute Gasteiger partial charge is 0.323 e. The quantitative estimate of drug-likeness (QED) is 0.824. The second kappa shape index (κ2) is 4.72. The van der Waals surface area contributed by atoms with E-state index in [2.05, 4.69) is 21.2 Å². The Bertz CT molecular complexity index is 400. The van der Waals surface area contributed by atoms with Crippen molar-refractivity contribution in [2.75, 3.05) is 10.6 Å². The van der Waals surface area contributed by atoms with Crippen molar-refractivity contribution in [3.63, 3.8) is 0 Å². The summed E-state index contributed by atoms with van der Waals surface area (Å²) in [6.07, 6.45) is 0. The van der Waals surface area contributed by atoms with Gasteiger partial charge in [-0.25, -0.2) is 4.39 Å². The Morgan fingerprint density at radius 3 is 2.86 bits per heavy atom. The molecule has 72 valence electrons. The van der Waals surface area contributed by atoms with Gasteiger partial charge in [0.15, 0.2) is 0 Å². The first-order valence-corrected chi connectivity index (χ1v) is 4.85. The van der Waals surface area contributed by atoms with E-state index in [9.17, 15) is 9.18 Å². The summed E-state index contributed by atoms with van der Waals surface area (Å²) in [4.78, 5) is 10.9. The van der Waals surface area contributed by atoms with E-state index in [0.29, 0.717) is 0 Å². The predicted octanol–water partition coefficient (Wildman–Crippen LogP) is 2.03. The van der Waals surface area contributed by atoms with Crippen molar-refractivity contribution < 1.29 is 9.18 Å². The van der Waals surface area contributed by atoms with Gasteiger partial charge in [0, 0.05) is 0 Å². The van der Waals surface area contributed by atoms with Crippen LogP contribution in [0, 0.1) is 17.1 Å². The fraction of sp³-hybridized carbons (Fsp3) is 0.111. The third-order valence-corrected chi connectivity index (χ3v) is 2.00. The van der Waals surface area contributed by atoms with Gasteiger partial charge in [-0.1, -0.05) is 15.9 Å². The fourth-order valence-electron chi connectivity index (χ4n) is 0.870. The monoisotopic (exact) mass is 256 g/mol. The molecule has 1 aromatic carbocycles. The van der Waals surface area contributed by atoms with Gasteiger partial charge >= 0.3 is 0 Å². The molecule has 1 aromatic rings. The van der Waals surface area contributed by atoms with Gasteiger partial charge in [0.2, 0.25) is 5.91 Å². The second-order valence-corrected chi connectivity index (χ2v) is 3.05. The summed E-state index contributed by atoms with van der Waals surface area (Å²) in [5, 5.41) is 10.9. The van der Waals surface area contributed by atoms with Gasteiger partial charge in [0.1, 0.15) is 5.82 Å². The van der Waals surface area contributed by atoms with E-state index in [-0.39, 0.29) is 22.5 Å². The summed E-state index contributed by atoms with van der Waals surface area (Å²) >= 11 is 2.94. The molecule has 14 heavy (non-hydrogen) atoms. The molecule has 1 N–H and O–H groups in total. The van der Waals surface area contributed by atoms with Gasteiger partial charge in [-0.2, -0.15) is 5.26 Å². The van der Waals surface area contributed by atoms with Crippen molar-refractivity contribution in [2.24, 2.45) is 0 Å². The number of carbonyl (C=O) groups excluding carboxylic acids is 1. The summed E-state index contributed by atoms with van der Waals surface area (Å²) in [5.41, 5.74) is 0.299. The number of rotatable bonds is 2. The molecule has 0 unspecified atom stereocenters. The molecule has 0 atom stereocenters. The smallest absolute Gasteiger partial charge is 0.235 e. The maximum Gasteiger partial charge on any atom is 0.235 e. The van der Waals surface area contributed by atoms with Gasteiger partial charge in [0.05, 0.1) is 22.7 Å². The summed E-state index contributed by atoms with van der Waals surface area (Å²) in [5.74, 6) is -0.952. The van der Waals surface area contributed by atoms with Crippen molar-refractivity contribution in [3.8, 4) is 6.07 Å². The number of anilines is 1. The number of hydrogen-bond donors (Lipinski definition) is 1. The maximum atomic E-state index is 13.2. The number of nitriles is 1. The number of nitrogens with one attached hydrogen (secondary N) is 1. The van der Waals surface area contributed by atoms with Crippen LogP contribution in [0.2, 0.25) is 0 Å². The van der Waals surface area contributed by atoms with Crippen LogP contribution in [0.3, 0.4) is 0 Å². The van der Waals surface area contributed by atoms with Crippen LogP contribution in [0.5, 0.6) is 0 Å². The fourth-order valence-corrected chi connectivity index (χ4v) is 1.01. The molecule has 0 saturated heterocycles. The summed E-state index contributed by atoms with van der Waals surface area (Å²) < 4.78 is 13.2. The second-order valence-electron chi connectivity index (χ2n) is 2.49. The van der Waals surface area contributed by atoms with Crippen LogP contribution in [0.15, 0.2) is 18.2 Å².